The van der Waals surface area contributed by atoms with Crippen molar-refractivity contribution in [3.05, 3.63) is 58.5 Å². The number of hydrogen-bond acceptors (Lipinski definition) is 3. The first-order chi connectivity index (χ1) is 9.76. The molecule has 0 fully saturated rings. The lowest BCUT2D eigenvalue weighted by Crippen LogP contribution is -2.15. The Bertz CT molecular complexity index is 563. The second-order valence-electron chi connectivity index (χ2n) is 5.49. The summed E-state index contributed by atoms with van der Waals surface area (Å²) in [6.45, 7) is 9.02. The highest BCUT2D eigenvalue weighted by molar-refractivity contribution is 5.31. The van der Waals surface area contributed by atoms with Gasteiger partial charge in [-0.1, -0.05) is 31.2 Å². The van der Waals surface area contributed by atoms with Crippen molar-refractivity contribution in [1.82, 2.24) is 10.2 Å². The molecule has 1 aromatic heterocycles. The Morgan fingerprint density at radius 2 is 1.90 bits per heavy atom. The molecule has 0 unspecified atom stereocenters. The van der Waals surface area contributed by atoms with Crippen LogP contribution in [-0.4, -0.2) is 11.4 Å². The minimum atomic E-state index is 0.817. The van der Waals surface area contributed by atoms with E-state index in [-0.39, 0.29) is 0 Å². The highest BCUT2D eigenvalue weighted by Gasteiger charge is 2.19. The maximum atomic E-state index is 5.81. The van der Waals surface area contributed by atoms with Crippen LogP contribution in [0.1, 0.15) is 35.1 Å². The Kier molecular flexibility index (Phi) is 3.90. The number of nitrogens with one attached hydrogen (secondary N) is 1. The van der Waals surface area contributed by atoms with Crippen LogP contribution in [0.3, 0.4) is 0 Å². The van der Waals surface area contributed by atoms with Gasteiger partial charge in [-0.3, -0.25) is 4.90 Å². The van der Waals surface area contributed by atoms with Crippen LogP contribution in [0, 0.1) is 6.92 Å². The van der Waals surface area contributed by atoms with Gasteiger partial charge in [-0.05, 0) is 30.7 Å². The van der Waals surface area contributed by atoms with Gasteiger partial charge in [0.25, 0.3) is 0 Å². The predicted molar refractivity (Wildman–Crippen MR) is 80.2 cm³/mol. The second kappa shape index (κ2) is 5.81. The molecule has 3 rings (SSSR count). The van der Waals surface area contributed by atoms with Crippen LogP contribution in [-0.2, 0) is 26.2 Å². The Hall–Kier alpha value is -1.58. The van der Waals surface area contributed by atoms with Crippen LogP contribution in [0.25, 0.3) is 0 Å². The van der Waals surface area contributed by atoms with Gasteiger partial charge >= 0.3 is 0 Å². The minimum absolute atomic E-state index is 0.817. The fourth-order valence-corrected chi connectivity index (χ4v) is 2.84. The van der Waals surface area contributed by atoms with E-state index in [0.29, 0.717) is 0 Å². The van der Waals surface area contributed by atoms with Crippen molar-refractivity contribution >= 4 is 0 Å². The van der Waals surface area contributed by atoms with E-state index in [1.54, 1.807) is 0 Å². The van der Waals surface area contributed by atoms with Gasteiger partial charge in [0.05, 0.1) is 6.54 Å². The summed E-state index contributed by atoms with van der Waals surface area (Å²) in [5.41, 5.74) is 4.23. The van der Waals surface area contributed by atoms with Crippen LogP contribution < -0.4 is 5.32 Å². The van der Waals surface area contributed by atoms with Crippen molar-refractivity contribution < 1.29 is 4.42 Å². The Labute approximate surface area is 120 Å². The predicted octanol–water partition coefficient (Wildman–Crippen LogP) is 3.21. The zero-order chi connectivity index (χ0) is 13.9. The number of fused-ring (bicyclic) bond motifs is 1. The molecule has 1 aromatic carbocycles. The van der Waals surface area contributed by atoms with Crippen molar-refractivity contribution in [2.75, 3.05) is 6.54 Å². The Morgan fingerprint density at radius 3 is 2.55 bits per heavy atom. The molecule has 1 aliphatic rings. The molecule has 20 heavy (non-hydrogen) atoms. The van der Waals surface area contributed by atoms with Crippen molar-refractivity contribution in [1.29, 1.82) is 0 Å². The molecule has 0 amide bonds. The van der Waals surface area contributed by atoms with Crippen molar-refractivity contribution in [3.8, 4) is 0 Å². The number of aryl methyl sites for hydroxylation is 1. The fraction of sp³-hybridized carbons (Fsp3) is 0.412. The summed E-state index contributed by atoms with van der Waals surface area (Å²) in [5, 5.41) is 3.31. The summed E-state index contributed by atoms with van der Waals surface area (Å²) in [6.07, 6.45) is 0. The van der Waals surface area contributed by atoms with Crippen LogP contribution in [0.5, 0.6) is 0 Å². The van der Waals surface area contributed by atoms with Crippen LogP contribution in [0.2, 0.25) is 0 Å². The van der Waals surface area contributed by atoms with Crippen molar-refractivity contribution in [2.45, 2.75) is 40.0 Å². The fourth-order valence-electron chi connectivity index (χ4n) is 2.84. The van der Waals surface area contributed by atoms with E-state index >= 15 is 0 Å². The van der Waals surface area contributed by atoms with E-state index < -0.39 is 0 Å². The molecule has 2 aromatic rings. The monoisotopic (exact) mass is 270 g/mol. The Balaban J connectivity index is 1.66. The van der Waals surface area contributed by atoms with Crippen LogP contribution in [0.15, 0.2) is 34.7 Å². The molecule has 1 N–H and O–H groups in total. The van der Waals surface area contributed by atoms with E-state index in [4.69, 9.17) is 4.42 Å². The van der Waals surface area contributed by atoms with Gasteiger partial charge in [0.15, 0.2) is 0 Å². The molecule has 0 atom stereocenters. The molecule has 3 nitrogen and oxygen atoms in total. The Morgan fingerprint density at radius 1 is 1.20 bits per heavy atom. The molecule has 0 bridgehead atoms. The first-order valence-corrected chi connectivity index (χ1v) is 7.34. The molecule has 2 heterocycles. The van der Waals surface area contributed by atoms with Crippen molar-refractivity contribution in [2.24, 2.45) is 0 Å². The van der Waals surface area contributed by atoms with Crippen LogP contribution >= 0.6 is 0 Å². The van der Waals surface area contributed by atoms with Gasteiger partial charge in [0.1, 0.15) is 11.5 Å². The molecular formula is C17H22N2O. The van der Waals surface area contributed by atoms with Gasteiger partial charge in [-0.25, -0.2) is 0 Å². The third-order valence-corrected chi connectivity index (χ3v) is 3.92. The average molecular weight is 270 g/mol. The molecule has 1 aliphatic heterocycles. The molecule has 0 aliphatic carbocycles. The first-order valence-electron chi connectivity index (χ1n) is 7.34. The normalized spacial score (nSPS) is 14.7. The molecule has 106 valence electrons. The topological polar surface area (TPSA) is 28.4 Å². The largest absolute Gasteiger partial charge is 0.465 e. The zero-order valence-electron chi connectivity index (χ0n) is 12.3. The SMILES string of the molecule is CCNCc1cc(CN2Cc3ccccc3C2)c(C)o1. The van der Waals surface area contributed by atoms with Gasteiger partial charge < -0.3 is 9.73 Å². The summed E-state index contributed by atoms with van der Waals surface area (Å²) in [6, 6.07) is 10.9. The average Bonchev–Trinajstić information content (AvgIpc) is 3.00. The highest BCUT2D eigenvalue weighted by atomic mass is 16.3. The van der Waals surface area contributed by atoms with E-state index in [1.807, 2.05) is 0 Å². The lowest BCUT2D eigenvalue weighted by Gasteiger charge is -2.13. The third-order valence-electron chi connectivity index (χ3n) is 3.92. The molecule has 0 radical (unpaired) electrons. The second-order valence-corrected chi connectivity index (χ2v) is 5.49. The summed E-state index contributed by atoms with van der Waals surface area (Å²) >= 11 is 0. The molecule has 3 heteroatoms. The zero-order valence-corrected chi connectivity index (χ0v) is 12.3. The quantitative estimate of drug-likeness (QED) is 0.904. The number of furan rings is 1. The first kappa shape index (κ1) is 13.4. The molecule has 0 saturated heterocycles. The maximum absolute atomic E-state index is 5.81. The van der Waals surface area contributed by atoms with Crippen molar-refractivity contribution in [3.63, 3.8) is 0 Å². The van der Waals surface area contributed by atoms with Crippen LogP contribution in [0.4, 0.5) is 0 Å². The van der Waals surface area contributed by atoms with E-state index in [1.165, 1.54) is 16.7 Å². The molecular weight excluding hydrogens is 248 g/mol. The van der Waals surface area contributed by atoms with Gasteiger partial charge in [-0.15, -0.1) is 0 Å². The lowest BCUT2D eigenvalue weighted by molar-refractivity contribution is 0.273. The van der Waals surface area contributed by atoms with Gasteiger partial charge in [0.2, 0.25) is 0 Å². The maximum Gasteiger partial charge on any atom is 0.118 e. The van der Waals surface area contributed by atoms with Gasteiger partial charge in [-0.2, -0.15) is 0 Å². The summed E-state index contributed by atoms with van der Waals surface area (Å²) in [4.78, 5) is 2.47. The van der Waals surface area contributed by atoms with Gasteiger partial charge in [0, 0.05) is 25.2 Å². The molecule has 0 saturated carbocycles. The smallest absolute Gasteiger partial charge is 0.118 e. The summed E-state index contributed by atoms with van der Waals surface area (Å²) in [7, 11) is 0. The van der Waals surface area contributed by atoms with E-state index in [2.05, 4.69) is 54.4 Å². The van der Waals surface area contributed by atoms with E-state index in [9.17, 15) is 0 Å². The summed E-state index contributed by atoms with van der Waals surface area (Å²) in [5.74, 6) is 2.09. The third kappa shape index (κ3) is 2.79. The summed E-state index contributed by atoms with van der Waals surface area (Å²) < 4.78 is 5.81. The number of benzene rings is 1. The minimum Gasteiger partial charge on any atom is -0.465 e. The number of hydrogen-bond donors (Lipinski definition) is 1. The lowest BCUT2D eigenvalue weighted by atomic mass is 10.1. The number of rotatable bonds is 5. The van der Waals surface area contributed by atoms with E-state index in [0.717, 1.165) is 44.2 Å². The number of nitrogens with zero attached hydrogens (tertiary/aromatic N) is 1. The standard InChI is InChI=1S/C17H22N2O/c1-3-18-9-17-8-16(13(2)20-17)12-19-10-14-6-4-5-7-15(14)11-19/h4-8,18H,3,9-12H2,1-2H3. The molecule has 0 spiro atoms. The highest BCUT2D eigenvalue weighted by Crippen LogP contribution is 2.25.